The molecule has 48 heavy (non-hydrogen) atoms. The summed E-state index contributed by atoms with van der Waals surface area (Å²) in [4.78, 5) is 26.6. The Bertz CT molecular complexity index is 676. The molecule has 0 atom stereocenters. The van der Waals surface area contributed by atoms with Gasteiger partial charge in [-0.15, -0.1) is 0 Å². The van der Waals surface area contributed by atoms with Crippen molar-refractivity contribution in [3.8, 4) is 0 Å². The molecule has 2 N–H and O–H groups in total. The molecule has 0 fully saturated rings. The summed E-state index contributed by atoms with van der Waals surface area (Å²) in [6.45, 7) is 7.99. The molecular weight excluding hydrogens is 590 g/mol. The van der Waals surface area contributed by atoms with Crippen LogP contribution in [-0.2, 0) is 9.59 Å². The van der Waals surface area contributed by atoms with Crippen molar-refractivity contribution >= 4 is 11.8 Å². The first-order valence-corrected chi connectivity index (χ1v) is 21.1. The number of carbonyl (C=O) groups is 2. The van der Waals surface area contributed by atoms with Crippen molar-refractivity contribution in [2.45, 2.75) is 206 Å². The largest absolute Gasteiger partial charge is 0.356 e. The lowest BCUT2D eigenvalue weighted by Gasteiger charge is -2.16. The molecule has 0 aliphatic carbocycles. The summed E-state index contributed by atoms with van der Waals surface area (Å²) in [5, 5.41) is 6.18. The normalized spacial score (nSPS) is 11.8. The van der Waals surface area contributed by atoms with E-state index >= 15 is 0 Å². The number of amides is 2. The lowest BCUT2D eigenvalue weighted by atomic mass is 10.1. The quantitative estimate of drug-likeness (QED) is 0.0506. The molecule has 0 bridgehead atoms. The zero-order valence-electron chi connectivity index (χ0n) is 32.6. The number of hydrogen-bond acceptors (Lipinski definition) is 3. The minimum absolute atomic E-state index is 0.198. The van der Waals surface area contributed by atoms with Gasteiger partial charge in [-0.25, -0.2) is 0 Å². The van der Waals surface area contributed by atoms with Crippen molar-refractivity contribution in [3.63, 3.8) is 0 Å². The molecule has 0 radical (unpaired) electrons. The number of carbonyl (C=O) groups excluding carboxylic acids is 2. The molecule has 0 aliphatic rings. The van der Waals surface area contributed by atoms with Crippen molar-refractivity contribution in [2.75, 3.05) is 33.2 Å². The highest BCUT2D eigenvalue weighted by Gasteiger charge is 2.04. The smallest absolute Gasteiger partial charge is 0.219 e. The third kappa shape index (κ3) is 38.8. The van der Waals surface area contributed by atoms with Gasteiger partial charge >= 0.3 is 0 Å². The second-order valence-electron chi connectivity index (χ2n) is 14.4. The van der Waals surface area contributed by atoms with Gasteiger partial charge in [0.1, 0.15) is 0 Å². The van der Waals surface area contributed by atoms with Crippen molar-refractivity contribution in [3.05, 3.63) is 24.3 Å². The number of nitrogens with zero attached hydrogens (tertiary/aromatic N) is 1. The first-order chi connectivity index (χ1) is 23.6. The summed E-state index contributed by atoms with van der Waals surface area (Å²) in [5.41, 5.74) is 0. The summed E-state index contributed by atoms with van der Waals surface area (Å²) in [5.74, 6) is 0.397. The second kappa shape index (κ2) is 39.8. The second-order valence-corrected chi connectivity index (χ2v) is 14.4. The fourth-order valence-corrected chi connectivity index (χ4v) is 6.15. The monoisotopic (exact) mass is 674 g/mol. The fourth-order valence-electron chi connectivity index (χ4n) is 6.15. The van der Waals surface area contributed by atoms with Gasteiger partial charge in [0.25, 0.3) is 0 Å². The molecular formula is C43H83N3O2. The lowest BCUT2D eigenvalue weighted by Crippen LogP contribution is -2.30. The Labute approximate surface area is 300 Å². The van der Waals surface area contributed by atoms with E-state index in [1.807, 2.05) is 0 Å². The maximum absolute atomic E-state index is 12.1. The van der Waals surface area contributed by atoms with Gasteiger partial charge in [0, 0.05) is 25.9 Å². The van der Waals surface area contributed by atoms with Gasteiger partial charge in [-0.1, -0.05) is 141 Å². The van der Waals surface area contributed by atoms with E-state index in [4.69, 9.17) is 0 Å². The summed E-state index contributed by atoms with van der Waals surface area (Å²) >= 11 is 0. The number of hydrogen-bond donors (Lipinski definition) is 2. The number of unbranched alkanes of at least 4 members (excludes halogenated alkanes) is 22. The van der Waals surface area contributed by atoms with E-state index in [9.17, 15) is 9.59 Å². The third-order valence-electron chi connectivity index (χ3n) is 9.41. The highest BCUT2D eigenvalue weighted by molar-refractivity contribution is 5.76. The molecule has 0 aliphatic heterocycles. The molecule has 2 amide bonds. The van der Waals surface area contributed by atoms with Gasteiger partial charge in [-0.3, -0.25) is 9.59 Å². The Kier molecular flexibility index (Phi) is 38.5. The fraction of sp³-hybridized carbons (Fsp3) is 0.860. The van der Waals surface area contributed by atoms with Crippen LogP contribution in [0.15, 0.2) is 24.3 Å². The summed E-state index contributed by atoms with van der Waals surface area (Å²) in [6.07, 6.45) is 46.1. The summed E-state index contributed by atoms with van der Waals surface area (Å²) in [6, 6.07) is 0. The molecule has 0 unspecified atom stereocenters. The molecule has 282 valence electrons. The standard InChI is InChI=1S/C43H83N3O2/c1-4-6-8-10-12-14-16-18-20-22-24-26-28-30-32-36-42(47)44-38-34-40-46(3)41-35-39-45-43(48)37-33-31-29-27-25-23-21-19-17-15-13-11-9-7-5-2/h18-21H,4-17,22-41H2,1-3H3,(H,44,47)(H,45,48)/b20-18+,21-19+. The molecule has 5 heteroatoms. The number of nitrogens with one attached hydrogen (secondary N) is 2. The predicted octanol–water partition coefficient (Wildman–Crippen LogP) is 12.0. The van der Waals surface area contributed by atoms with Crippen LogP contribution in [0.25, 0.3) is 0 Å². The first kappa shape index (κ1) is 46.4. The van der Waals surface area contributed by atoms with Gasteiger partial charge in [0.2, 0.25) is 11.8 Å². The van der Waals surface area contributed by atoms with Crippen LogP contribution in [0.1, 0.15) is 206 Å². The Balaban J connectivity index is 3.41. The predicted molar refractivity (Wildman–Crippen MR) is 212 cm³/mol. The van der Waals surface area contributed by atoms with E-state index in [1.165, 1.54) is 141 Å². The molecule has 5 nitrogen and oxygen atoms in total. The van der Waals surface area contributed by atoms with Crippen LogP contribution in [0.5, 0.6) is 0 Å². The van der Waals surface area contributed by atoms with Crippen molar-refractivity contribution < 1.29 is 9.59 Å². The lowest BCUT2D eigenvalue weighted by molar-refractivity contribution is -0.122. The molecule has 0 spiro atoms. The number of rotatable bonds is 38. The first-order valence-electron chi connectivity index (χ1n) is 21.1. The minimum atomic E-state index is 0.198. The molecule has 0 saturated carbocycles. The average molecular weight is 674 g/mol. The van der Waals surface area contributed by atoms with Crippen LogP contribution in [0.2, 0.25) is 0 Å². The van der Waals surface area contributed by atoms with Gasteiger partial charge in [0.05, 0.1) is 0 Å². The maximum Gasteiger partial charge on any atom is 0.219 e. The van der Waals surface area contributed by atoms with E-state index in [0.717, 1.165) is 64.7 Å². The van der Waals surface area contributed by atoms with Gasteiger partial charge in [-0.2, -0.15) is 0 Å². The zero-order chi connectivity index (χ0) is 35.0. The van der Waals surface area contributed by atoms with Crippen LogP contribution in [-0.4, -0.2) is 49.9 Å². The van der Waals surface area contributed by atoms with E-state index in [-0.39, 0.29) is 11.8 Å². The van der Waals surface area contributed by atoms with Crippen LogP contribution < -0.4 is 10.6 Å². The molecule has 0 aromatic heterocycles. The molecule has 0 aromatic carbocycles. The van der Waals surface area contributed by atoms with Crippen molar-refractivity contribution in [1.29, 1.82) is 0 Å². The highest BCUT2D eigenvalue weighted by atomic mass is 16.2. The van der Waals surface area contributed by atoms with Gasteiger partial charge in [0.15, 0.2) is 0 Å². The van der Waals surface area contributed by atoms with Gasteiger partial charge < -0.3 is 15.5 Å². The highest BCUT2D eigenvalue weighted by Crippen LogP contribution is 2.11. The molecule has 0 rings (SSSR count). The third-order valence-corrected chi connectivity index (χ3v) is 9.41. The Morgan fingerprint density at radius 3 is 1.04 bits per heavy atom. The Hall–Kier alpha value is -1.62. The number of allylic oxidation sites excluding steroid dienone is 4. The van der Waals surface area contributed by atoms with Crippen LogP contribution >= 0.6 is 0 Å². The van der Waals surface area contributed by atoms with E-state index in [1.54, 1.807) is 0 Å². The van der Waals surface area contributed by atoms with Crippen LogP contribution in [0, 0.1) is 0 Å². The minimum Gasteiger partial charge on any atom is -0.356 e. The zero-order valence-corrected chi connectivity index (χ0v) is 32.6. The molecule has 0 saturated heterocycles. The summed E-state index contributed by atoms with van der Waals surface area (Å²) < 4.78 is 0. The maximum atomic E-state index is 12.1. The SMILES string of the molecule is CCCCCCCC/C=C/CCCCCCCC(=O)NCCCN(C)CCCNC(=O)CCCCCCC/C=C/CCCCCCCC. The average Bonchev–Trinajstić information content (AvgIpc) is 3.08. The van der Waals surface area contributed by atoms with Crippen LogP contribution in [0.4, 0.5) is 0 Å². The van der Waals surface area contributed by atoms with E-state index in [2.05, 4.69) is 60.7 Å². The van der Waals surface area contributed by atoms with E-state index < -0.39 is 0 Å². The van der Waals surface area contributed by atoms with Crippen LogP contribution in [0.3, 0.4) is 0 Å². The van der Waals surface area contributed by atoms with Gasteiger partial charge in [-0.05, 0) is 97.2 Å². The topological polar surface area (TPSA) is 61.4 Å². The van der Waals surface area contributed by atoms with E-state index in [0.29, 0.717) is 12.8 Å². The molecule has 0 aromatic rings. The van der Waals surface area contributed by atoms with Crippen molar-refractivity contribution in [2.24, 2.45) is 0 Å². The van der Waals surface area contributed by atoms with Crippen molar-refractivity contribution in [1.82, 2.24) is 15.5 Å². The Morgan fingerprint density at radius 1 is 0.417 bits per heavy atom. The Morgan fingerprint density at radius 2 is 0.708 bits per heavy atom. The molecule has 0 heterocycles. The summed E-state index contributed by atoms with van der Waals surface area (Å²) in [7, 11) is 2.13.